The van der Waals surface area contributed by atoms with Crippen LogP contribution in [0.2, 0.25) is 20.1 Å². The van der Waals surface area contributed by atoms with Gasteiger partial charge in [0.15, 0.2) is 34.2 Å². The molecule has 12 rings (SSSR count). The fraction of sp³-hybridized carbons (Fsp3) is 0.434. The fourth-order valence-electron chi connectivity index (χ4n) is 11.0. The van der Waals surface area contributed by atoms with Crippen LogP contribution in [-0.4, -0.2) is 185 Å². The monoisotopic (exact) mass is 1270 g/mol. The van der Waals surface area contributed by atoms with E-state index >= 15 is 0 Å². The van der Waals surface area contributed by atoms with Gasteiger partial charge >= 0.3 is 0 Å². The van der Waals surface area contributed by atoms with Crippen molar-refractivity contribution in [2.24, 2.45) is 10.7 Å². The number of nitrogen functional groups attached to an aromatic ring is 3. The van der Waals surface area contributed by atoms with Crippen LogP contribution in [0, 0.1) is 0 Å². The highest BCUT2D eigenvalue weighted by molar-refractivity contribution is 7.88. The molecule has 8 heterocycles. The van der Waals surface area contributed by atoms with Crippen LogP contribution in [-0.2, 0) is 36.2 Å². The Balaban J connectivity index is 0.000000134. The third-order valence-electron chi connectivity index (χ3n) is 15.3. The summed E-state index contributed by atoms with van der Waals surface area (Å²) in [5, 5.41) is 15.8. The normalized spacial score (nSPS) is 17.8. The van der Waals surface area contributed by atoms with Crippen LogP contribution in [0.3, 0.4) is 0 Å². The van der Waals surface area contributed by atoms with Gasteiger partial charge in [0.25, 0.3) is 0 Å². The van der Waals surface area contributed by atoms with Crippen LogP contribution in [0.25, 0.3) is 32.9 Å². The molecule has 25 nitrogen and oxygen atoms in total. The van der Waals surface area contributed by atoms with Crippen molar-refractivity contribution in [1.82, 2.24) is 33.9 Å². The molecule has 4 aromatic carbocycles. The number of nitrogens with two attached hydrogens (primary N) is 4. The molecule has 8 N–H and O–H groups in total. The second-order valence-electron chi connectivity index (χ2n) is 21.5. The lowest BCUT2D eigenvalue weighted by Gasteiger charge is -2.47. The van der Waals surface area contributed by atoms with Gasteiger partial charge in [-0.05, 0) is 62.4 Å². The molecule has 0 spiro atoms. The average molecular weight is 1280 g/mol. The van der Waals surface area contributed by atoms with Gasteiger partial charge in [-0.15, -0.1) is 0 Å². The van der Waals surface area contributed by atoms with Gasteiger partial charge in [0.1, 0.15) is 5.84 Å². The molecule has 5 aliphatic heterocycles. The highest BCUT2D eigenvalue weighted by Gasteiger charge is 2.37. The number of fused-ring (bicyclic) bond motifs is 4. The van der Waals surface area contributed by atoms with E-state index in [4.69, 9.17) is 82.9 Å². The van der Waals surface area contributed by atoms with E-state index in [0.717, 1.165) is 52.4 Å². The van der Waals surface area contributed by atoms with E-state index in [1.807, 2.05) is 39.0 Å². The van der Waals surface area contributed by atoms with Gasteiger partial charge in [0, 0.05) is 149 Å². The molecule has 4 saturated heterocycles. The summed E-state index contributed by atoms with van der Waals surface area (Å²) in [4.78, 5) is 39.6. The van der Waals surface area contributed by atoms with E-state index in [-0.39, 0.29) is 17.4 Å². The van der Waals surface area contributed by atoms with Crippen molar-refractivity contribution in [3.63, 3.8) is 0 Å². The Morgan fingerprint density at radius 3 is 1.24 bits per heavy atom. The van der Waals surface area contributed by atoms with Crippen LogP contribution in [0.1, 0.15) is 38.8 Å². The van der Waals surface area contributed by atoms with Gasteiger partial charge in [0.2, 0.25) is 31.9 Å². The van der Waals surface area contributed by atoms with Crippen molar-refractivity contribution in [1.29, 1.82) is 0 Å². The van der Waals surface area contributed by atoms with E-state index in [1.165, 1.54) is 21.1 Å². The van der Waals surface area contributed by atoms with Crippen LogP contribution in [0.4, 0.5) is 40.2 Å². The molecule has 452 valence electrons. The molecule has 0 saturated carbocycles. The topological polar surface area (TPSA) is 323 Å². The number of rotatable bonds is 6. The molecule has 0 bridgehead atoms. The van der Waals surface area contributed by atoms with E-state index < -0.39 is 20.0 Å². The number of amides is 2. The van der Waals surface area contributed by atoms with Crippen molar-refractivity contribution in [2.45, 2.75) is 39.8 Å². The number of benzene rings is 4. The van der Waals surface area contributed by atoms with Gasteiger partial charge in [-0.25, -0.2) is 16.8 Å². The number of hydrogen-bond acceptors (Lipinski definition) is 21. The van der Waals surface area contributed by atoms with Crippen LogP contribution in [0.15, 0.2) is 67.1 Å². The van der Waals surface area contributed by atoms with Crippen molar-refractivity contribution < 1.29 is 40.0 Å². The zero-order valence-corrected chi connectivity index (χ0v) is 51.8. The summed E-state index contributed by atoms with van der Waals surface area (Å²) in [5.41, 5.74) is 30.3. The number of aromatic nitrogens is 3. The first-order valence-electron chi connectivity index (χ1n) is 26.7. The van der Waals surface area contributed by atoms with Crippen molar-refractivity contribution in [3.8, 4) is 0 Å². The Labute approximate surface area is 505 Å². The SMILES string of the molecule is CC(=O)N1CCN(c2cc(Cl)cc3c(N)noc23)CC1.CC(=O)N1CCN(c2cc(Cl)cc3c(N)noc23)CC1(C)C.CS(=O)(=O)N1CCN(c2cc(Cl)cc3c(N)noc23)CC1.CS(=O)(=O)N1CCN(c2cc(Cl)cc3c2CN=C3N)CC1. The Morgan fingerprint density at radius 1 is 0.500 bits per heavy atom. The number of halogens is 4. The highest BCUT2D eigenvalue weighted by Crippen LogP contribution is 2.39. The Morgan fingerprint density at radius 2 is 0.857 bits per heavy atom. The first kappa shape index (κ1) is 61.8. The summed E-state index contributed by atoms with van der Waals surface area (Å²) in [6.45, 7) is 16.9. The molecule has 31 heteroatoms. The Hall–Kier alpha value is -6.72. The second-order valence-corrected chi connectivity index (χ2v) is 27.2. The maximum atomic E-state index is 11.8. The molecule has 7 aromatic rings. The minimum Gasteiger partial charge on any atom is -0.383 e. The zero-order chi connectivity index (χ0) is 60.7. The summed E-state index contributed by atoms with van der Waals surface area (Å²) < 4.78 is 65.1. The third kappa shape index (κ3) is 13.5. The number of nitrogens with zero attached hydrogens (tertiary/aromatic N) is 12. The quantitative estimate of drug-likeness (QED) is 0.148. The van der Waals surface area contributed by atoms with E-state index in [2.05, 4.69) is 49.0 Å². The molecule has 3 aromatic heterocycles. The summed E-state index contributed by atoms with van der Waals surface area (Å²) in [6.07, 6.45) is 2.46. The summed E-state index contributed by atoms with van der Waals surface area (Å²) in [6, 6.07) is 14.4. The van der Waals surface area contributed by atoms with Gasteiger partial charge < -0.3 is 65.9 Å². The van der Waals surface area contributed by atoms with E-state index in [1.54, 1.807) is 38.1 Å². The van der Waals surface area contributed by atoms with Crippen molar-refractivity contribution in [2.75, 3.05) is 147 Å². The van der Waals surface area contributed by atoms with Crippen molar-refractivity contribution >= 4 is 157 Å². The molecule has 84 heavy (non-hydrogen) atoms. The number of sulfonamides is 2. The van der Waals surface area contributed by atoms with Gasteiger partial charge in [0.05, 0.1) is 57.8 Å². The average Bonchev–Trinajstić information content (AvgIpc) is 2.10. The lowest BCUT2D eigenvalue weighted by atomic mass is 9.98. The van der Waals surface area contributed by atoms with Crippen molar-refractivity contribution in [3.05, 3.63) is 79.7 Å². The molecule has 2 amide bonds. The molecular weight excluding hydrogens is 1210 g/mol. The summed E-state index contributed by atoms with van der Waals surface area (Å²) >= 11 is 24.6. The predicted molar refractivity (Wildman–Crippen MR) is 332 cm³/mol. The van der Waals surface area contributed by atoms with Crippen LogP contribution < -0.4 is 42.5 Å². The zero-order valence-electron chi connectivity index (χ0n) is 47.1. The fourth-order valence-corrected chi connectivity index (χ4v) is 13.5. The lowest BCUT2D eigenvalue weighted by Crippen LogP contribution is -2.60. The standard InChI is InChI=1S/C15H19ClN4O2.C13H17ClN4O2S.C13H15ClN4O2.C12H15ClN4O3S/c1-9(21)20-5-4-19(8-15(20,2)3)12-7-10(16)6-11-13(12)22-18-14(11)17;1-21(19,20)18-4-2-17(3-5-18)12-7-9(14)6-10-11(12)8-16-13(10)15;1-8(19)17-2-4-18(5-3-17)11-7-9(14)6-10-12(11)20-16-13(10)15;1-21(18,19)17-4-2-16(3-5-17)10-7-8(13)6-9-11(10)20-15-12(9)14/h6-7H,4-5,8H2,1-3H3,(H2,17,18);6-7H,2-5,8H2,1H3,(H2,15,16);6-7H,2-5H2,1H3,(H2,15,16);6-7H,2-5H2,1H3,(H2,14,15). The summed E-state index contributed by atoms with van der Waals surface area (Å²) in [5.74, 6) is 1.67. The third-order valence-corrected chi connectivity index (χ3v) is 18.8. The number of aliphatic imine (C=N–C) groups is 1. The minimum atomic E-state index is -3.15. The second kappa shape index (κ2) is 24.7. The predicted octanol–water partition coefficient (Wildman–Crippen LogP) is 6.03. The molecule has 0 radical (unpaired) electrons. The smallest absolute Gasteiger partial charge is 0.220 e. The van der Waals surface area contributed by atoms with Crippen LogP contribution >= 0.6 is 46.4 Å². The number of carbonyl (C=O) groups excluding carboxylic acids is 2. The number of piperazine rings is 4. The van der Waals surface area contributed by atoms with Gasteiger partial charge in [-0.2, -0.15) is 8.61 Å². The molecule has 5 aliphatic rings. The maximum absolute atomic E-state index is 11.8. The van der Waals surface area contributed by atoms with Gasteiger partial charge in [-0.1, -0.05) is 61.9 Å². The molecule has 4 fully saturated rings. The first-order chi connectivity index (χ1) is 39.6. The highest BCUT2D eigenvalue weighted by atomic mass is 35.5. The molecule has 0 unspecified atom stereocenters. The maximum Gasteiger partial charge on any atom is 0.220 e. The van der Waals surface area contributed by atoms with Gasteiger partial charge in [-0.3, -0.25) is 14.6 Å². The Kier molecular flexibility index (Phi) is 18.2. The Bertz CT molecular complexity index is 3890. The molecule has 0 aliphatic carbocycles. The first-order valence-corrected chi connectivity index (χ1v) is 31.9. The van der Waals surface area contributed by atoms with E-state index in [9.17, 15) is 26.4 Å². The molecule has 0 atom stereocenters. The summed E-state index contributed by atoms with van der Waals surface area (Å²) in [7, 11) is -6.28. The lowest BCUT2D eigenvalue weighted by molar-refractivity contribution is -0.134. The van der Waals surface area contributed by atoms with Crippen LogP contribution in [0.5, 0.6) is 0 Å². The minimum absolute atomic E-state index is 0.0878. The largest absolute Gasteiger partial charge is 0.383 e. The number of carbonyl (C=O) groups is 2. The molecular formula is C53H66Cl4N16O9S2. The number of anilines is 7. The number of amidine groups is 1. The van der Waals surface area contributed by atoms with E-state index in [0.29, 0.717) is 163 Å². The number of hydrogen-bond donors (Lipinski definition) is 4.